The van der Waals surface area contributed by atoms with Gasteiger partial charge in [0.2, 0.25) is 0 Å². The van der Waals surface area contributed by atoms with Crippen molar-refractivity contribution in [3.05, 3.63) is 54.1 Å². The molecule has 0 saturated heterocycles. The van der Waals surface area contributed by atoms with Crippen molar-refractivity contribution in [3.63, 3.8) is 0 Å². The van der Waals surface area contributed by atoms with Gasteiger partial charge in [-0.25, -0.2) is 10.3 Å². The Morgan fingerprint density at radius 3 is 2.58 bits per heavy atom. The molecule has 2 N–H and O–H groups in total. The molecular weight excluding hydrogens is 242 g/mol. The minimum atomic E-state index is -0.473. The quantitative estimate of drug-likeness (QED) is 0.498. The molecule has 0 radical (unpaired) electrons. The molecule has 0 aliphatic heterocycles. The number of ether oxygens (including phenoxy) is 1. The number of carbonyl (C=O) groups is 1. The lowest BCUT2D eigenvalue weighted by atomic mass is 10.1. The highest BCUT2D eigenvalue weighted by molar-refractivity contribution is 5.93. The molecule has 0 spiro atoms. The van der Waals surface area contributed by atoms with Gasteiger partial charge in [0.1, 0.15) is 11.4 Å². The van der Waals surface area contributed by atoms with Crippen LogP contribution < -0.4 is 10.1 Å². The predicted octanol–water partition coefficient (Wildman–Crippen LogP) is 3.61. The summed E-state index contributed by atoms with van der Waals surface area (Å²) in [6.45, 7) is 0. The SMILES string of the molecule is CNc1ccc(C(=O)Oc2ccccc2)cc1N=N. The second kappa shape index (κ2) is 5.77. The second-order valence-corrected chi connectivity index (χ2v) is 3.80. The van der Waals surface area contributed by atoms with Gasteiger partial charge in [0, 0.05) is 7.05 Å². The summed E-state index contributed by atoms with van der Waals surface area (Å²) >= 11 is 0. The monoisotopic (exact) mass is 255 g/mol. The predicted molar refractivity (Wildman–Crippen MR) is 72.2 cm³/mol. The Bertz CT molecular complexity index is 597. The largest absolute Gasteiger partial charge is 0.423 e. The zero-order chi connectivity index (χ0) is 13.7. The smallest absolute Gasteiger partial charge is 0.343 e. The fraction of sp³-hybridized carbons (Fsp3) is 0.0714. The number of carbonyl (C=O) groups excluding carboxylic acids is 1. The van der Waals surface area contributed by atoms with Gasteiger partial charge in [0.15, 0.2) is 0 Å². The van der Waals surface area contributed by atoms with Crippen molar-refractivity contribution in [1.82, 2.24) is 0 Å². The van der Waals surface area contributed by atoms with Gasteiger partial charge in [-0.2, -0.15) is 5.11 Å². The Kier molecular flexibility index (Phi) is 3.87. The van der Waals surface area contributed by atoms with E-state index in [1.54, 1.807) is 43.4 Å². The maximum absolute atomic E-state index is 11.9. The van der Waals surface area contributed by atoms with Crippen LogP contribution in [0.15, 0.2) is 53.6 Å². The lowest BCUT2D eigenvalue weighted by molar-refractivity contribution is 0.0735. The second-order valence-electron chi connectivity index (χ2n) is 3.80. The Morgan fingerprint density at radius 1 is 1.21 bits per heavy atom. The van der Waals surface area contributed by atoms with Crippen molar-refractivity contribution in [2.75, 3.05) is 12.4 Å². The van der Waals surface area contributed by atoms with Crippen LogP contribution in [0, 0.1) is 5.53 Å². The number of rotatable bonds is 4. The molecule has 0 saturated carbocycles. The molecule has 2 aromatic carbocycles. The molecule has 0 atom stereocenters. The number of para-hydroxylation sites is 1. The lowest BCUT2D eigenvalue weighted by Crippen LogP contribution is -2.08. The van der Waals surface area contributed by atoms with Gasteiger partial charge in [-0.05, 0) is 30.3 Å². The number of esters is 1. The molecule has 19 heavy (non-hydrogen) atoms. The first-order valence-corrected chi connectivity index (χ1v) is 5.71. The maximum atomic E-state index is 11.9. The van der Waals surface area contributed by atoms with E-state index in [0.717, 1.165) is 0 Å². The molecule has 2 aromatic rings. The fourth-order valence-corrected chi connectivity index (χ4v) is 1.62. The van der Waals surface area contributed by atoms with Gasteiger partial charge < -0.3 is 10.1 Å². The standard InChI is InChI=1S/C14H13N3O2/c1-16-12-8-7-10(9-13(12)17-15)14(18)19-11-5-3-2-4-6-11/h2-9,15-16H,1H3. The molecular formula is C14H13N3O2. The van der Waals surface area contributed by atoms with Crippen LogP contribution in [0.2, 0.25) is 0 Å². The fourth-order valence-electron chi connectivity index (χ4n) is 1.62. The molecule has 0 aliphatic carbocycles. The van der Waals surface area contributed by atoms with Crippen molar-refractivity contribution >= 4 is 17.3 Å². The normalized spacial score (nSPS) is 9.74. The highest BCUT2D eigenvalue weighted by Crippen LogP contribution is 2.26. The van der Waals surface area contributed by atoms with E-state index < -0.39 is 5.97 Å². The molecule has 0 aromatic heterocycles. The highest BCUT2D eigenvalue weighted by Gasteiger charge is 2.11. The van der Waals surface area contributed by atoms with Crippen molar-refractivity contribution in [3.8, 4) is 5.75 Å². The summed E-state index contributed by atoms with van der Waals surface area (Å²) in [7, 11) is 1.73. The maximum Gasteiger partial charge on any atom is 0.343 e. The molecule has 0 fully saturated rings. The Morgan fingerprint density at radius 2 is 1.95 bits per heavy atom. The van der Waals surface area contributed by atoms with Crippen molar-refractivity contribution < 1.29 is 9.53 Å². The van der Waals surface area contributed by atoms with Crippen LogP contribution in [0.3, 0.4) is 0 Å². The number of nitrogens with zero attached hydrogens (tertiary/aromatic N) is 1. The number of nitrogens with one attached hydrogen (secondary N) is 2. The van der Waals surface area contributed by atoms with Crippen LogP contribution in [0.5, 0.6) is 5.75 Å². The summed E-state index contributed by atoms with van der Waals surface area (Å²) in [4.78, 5) is 11.9. The molecule has 5 heteroatoms. The number of hydrogen-bond donors (Lipinski definition) is 2. The van der Waals surface area contributed by atoms with E-state index in [2.05, 4.69) is 10.4 Å². The number of benzene rings is 2. The van der Waals surface area contributed by atoms with E-state index >= 15 is 0 Å². The van der Waals surface area contributed by atoms with Gasteiger partial charge in [0.05, 0.1) is 11.3 Å². The molecule has 0 heterocycles. The minimum absolute atomic E-state index is 0.355. The molecule has 0 unspecified atom stereocenters. The van der Waals surface area contributed by atoms with E-state index in [9.17, 15) is 4.79 Å². The summed E-state index contributed by atoms with van der Waals surface area (Å²) in [5.41, 5.74) is 8.51. The van der Waals surface area contributed by atoms with Crippen LogP contribution >= 0.6 is 0 Å². The average Bonchev–Trinajstić information content (AvgIpc) is 2.47. The van der Waals surface area contributed by atoms with Crippen molar-refractivity contribution in [1.29, 1.82) is 5.53 Å². The van der Waals surface area contributed by atoms with Gasteiger partial charge in [-0.3, -0.25) is 0 Å². The number of hydrogen-bond acceptors (Lipinski definition) is 5. The van der Waals surface area contributed by atoms with Gasteiger partial charge in [-0.15, -0.1) is 0 Å². The van der Waals surface area contributed by atoms with E-state index in [1.807, 2.05) is 6.07 Å². The van der Waals surface area contributed by atoms with Crippen molar-refractivity contribution in [2.24, 2.45) is 5.11 Å². The van der Waals surface area contributed by atoms with E-state index in [1.165, 1.54) is 6.07 Å². The zero-order valence-corrected chi connectivity index (χ0v) is 10.4. The third-order valence-electron chi connectivity index (χ3n) is 2.58. The average molecular weight is 255 g/mol. The van der Waals surface area contributed by atoms with Gasteiger partial charge >= 0.3 is 5.97 Å². The van der Waals surface area contributed by atoms with E-state index in [-0.39, 0.29) is 0 Å². The first kappa shape index (κ1) is 12.8. The molecule has 2 rings (SSSR count). The third kappa shape index (κ3) is 2.95. The Balaban J connectivity index is 2.22. The summed E-state index contributed by atoms with van der Waals surface area (Å²) < 4.78 is 5.21. The highest BCUT2D eigenvalue weighted by atomic mass is 16.5. The zero-order valence-electron chi connectivity index (χ0n) is 10.4. The first-order valence-electron chi connectivity index (χ1n) is 5.71. The first-order chi connectivity index (χ1) is 9.24. The summed E-state index contributed by atoms with van der Waals surface area (Å²) in [6, 6.07) is 13.7. The van der Waals surface area contributed by atoms with Crippen LogP contribution in [0.25, 0.3) is 0 Å². The Hall–Kier alpha value is -2.69. The van der Waals surface area contributed by atoms with Crippen molar-refractivity contribution in [2.45, 2.75) is 0 Å². The molecule has 0 bridgehead atoms. The molecule has 96 valence electrons. The van der Waals surface area contributed by atoms with Crippen LogP contribution in [0.4, 0.5) is 11.4 Å². The minimum Gasteiger partial charge on any atom is -0.423 e. The molecule has 0 aliphatic rings. The third-order valence-corrected chi connectivity index (χ3v) is 2.58. The summed E-state index contributed by atoms with van der Waals surface area (Å²) in [5.74, 6) is 0.00769. The van der Waals surface area contributed by atoms with E-state index in [4.69, 9.17) is 10.3 Å². The Labute approximate surface area is 110 Å². The summed E-state index contributed by atoms with van der Waals surface area (Å²) in [6.07, 6.45) is 0. The van der Waals surface area contributed by atoms with Crippen LogP contribution in [-0.4, -0.2) is 13.0 Å². The topological polar surface area (TPSA) is 74.5 Å². The van der Waals surface area contributed by atoms with Crippen LogP contribution in [-0.2, 0) is 0 Å². The lowest BCUT2D eigenvalue weighted by Gasteiger charge is -2.07. The van der Waals surface area contributed by atoms with Crippen LogP contribution in [0.1, 0.15) is 10.4 Å². The molecule has 5 nitrogen and oxygen atoms in total. The summed E-state index contributed by atoms with van der Waals surface area (Å²) in [5, 5.41) is 6.27. The van der Waals surface area contributed by atoms with Gasteiger partial charge in [0.25, 0.3) is 0 Å². The van der Waals surface area contributed by atoms with E-state index in [0.29, 0.717) is 22.7 Å². The van der Waals surface area contributed by atoms with Gasteiger partial charge in [-0.1, -0.05) is 18.2 Å². The number of anilines is 1. The molecule has 0 amide bonds.